The van der Waals surface area contributed by atoms with Crippen molar-refractivity contribution in [3.8, 4) is 0 Å². The van der Waals surface area contributed by atoms with Crippen molar-refractivity contribution in [2.45, 2.75) is 98.0 Å². The molecule has 4 aliphatic rings. The second kappa shape index (κ2) is 7.97. The minimum absolute atomic E-state index is 0.0983. The first-order valence-corrected chi connectivity index (χ1v) is 13.0. The molecule has 3 fully saturated rings. The van der Waals surface area contributed by atoms with E-state index in [2.05, 4.69) is 43.7 Å². The van der Waals surface area contributed by atoms with Gasteiger partial charge in [0, 0.05) is 18.3 Å². The predicted molar refractivity (Wildman–Crippen MR) is 125 cm³/mol. The monoisotopic (exact) mass is 422 g/mol. The second-order valence-corrected chi connectivity index (χ2v) is 12.0. The summed E-state index contributed by atoms with van der Waals surface area (Å²) in [6.07, 6.45) is 16.6. The van der Waals surface area contributed by atoms with E-state index in [1.165, 1.54) is 44.9 Å². The Bertz CT molecular complexity index is 849. The molecule has 0 radical (unpaired) electrons. The lowest BCUT2D eigenvalue weighted by Gasteiger charge is -2.58. The van der Waals surface area contributed by atoms with Crippen molar-refractivity contribution in [1.82, 2.24) is 9.97 Å². The largest absolute Gasteiger partial charge is 0.393 e. The molecule has 1 N–H and O–H groups in total. The number of allylic oxidation sites excluding steroid dienone is 1. The number of hydrogen-bond donors (Lipinski definition) is 1. The molecule has 0 spiro atoms. The highest BCUT2D eigenvalue weighted by molar-refractivity contribution is 5.25. The summed E-state index contributed by atoms with van der Waals surface area (Å²) in [5, 5.41) is 10.2. The van der Waals surface area contributed by atoms with Gasteiger partial charge < -0.3 is 5.11 Å². The maximum absolute atomic E-state index is 10.2. The smallest absolute Gasteiger partial charge is 0.128 e. The average Bonchev–Trinajstić information content (AvgIpc) is 3.10. The van der Waals surface area contributed by atoms with Crippen LogP contribution >= 0.6 is 0 Å². The highest BCUT2D eigenvalue weighted by Crippen LogP contribution is 2.67. The highest BCUT2D eigenvalue weighted by atomic mass is 16.3. The molecule has 1 unspecified atom stereocenters. The number of aliphatic hydroxyl groups is 1. The summed E-state index contributed by atoms with van der Waals surface area (Å²) in [6.45, 7) is 9.76. The lowest BCUT2D eigenvalue weighted by molar-refractivity contribution is -0.0571. The van der Waals surface area contributed by atoms with Crippen molar-refractivity contribution in [3.05, 3.63) is 35.4 Å². The molecule has 0 aliphatic heterocycles. The molecule has 0 amide bonds. The van der Waals surface area contributed by atoms with Gasteiger partial charge in [-0.05, 0) is 111 Å². The zero-order valence-electron chi connectivity index (χ0n) is 20.1. The first-order chi connectivity index (χ1) is 14.8. The van der Waals surface area contributed by atoms with E-state index in [-0.39, 0.29) is 6.10 Å². The Labute approximate surface area is 189 Å². The van der Waals surface area contributed by atoms with Crippen molar-refractivity contribution in [1.29, 1.82) is 0 Å². The molecule has 0 bridgehead atoms. The molecular weight excluding hydrogens is 380 g/mol. The van der Waals surface area contributed by atoms with Crippen molar-refractivity contribution in [3.63, 3.8) is 0 Å². The fourth-order valence-electron chi connectivity index (χ4n) is 8.80. The first-order valence-electron chi connectivity index (χ1n) is 13.0. The van der Waals surface area contributed by atoms with E-state index < -0.39 is 0 Å². The SMILES string of the molecule is Cc1ccnc(CCC(C)[C@H]2CC[C@H]3[C@@H]4CC=C5C[C@@H](O)CC[C@]5(C)[C@H]4CC[C@]23C)n1. The predicted octanol–water partition coefficient (Wildman–Crippen LogP) is 6.29. The van der Waals surface area contributed by atoms with E-state index in [1.54, 1.807) is 5.57 Å². The van der Waals surface area contributed by atoms with Gasteiger partial charge in [0.15, 0.2) is 0 Å². The van der Waals surface area contributed by atoms with E-state index in [0.717, 1.165) is 60.4 Å². The van der Waals surface area contributed by atoms with Gasteiger partial charge in [0.2, 0.25) is 0 Å². The van der Waals surface area contributed by atoms with Gasteiger partial charge in [-0.25, -0.2) is 9.97 Å². The number of fused-ring (bicyclic) bond motifs is 5. The Morgan fingerprint density at radius 3 is 2.77 bits per heavy atom. The molecule has 3 heteroatoms. The molecular formula is C28H42N2O. The maximum Gasteiger partial charge on any atom is 0.128 e. The van der Waals surface area contributed by atoms with Crippen molar-refractivity contribution < 1.29 is 5.11 Å². The molecule has 4 aliphatic carbocycles. The van der Waals surface area contributed by atoms with E-state index in [1.807, 2.05) is 12.3 Å². The van der Waals surface area contributed by atoms with Gasteiger partial charge in [-0.15, -0.1) is 0 Å². The van der Waals surface area contributed by atoms with Gasteiger partial charge in [0.05, 0.1) is 6.10 Å². The standard InChI is InChI=1S/C28H42N2O/c1-18(5-10-26-29-16-13-19(2)30-26)23-8-9-24-22-7-6-20-17-21(31)11-14-27(20,3)25(22)12-15-28(23,24)4/h6,13,16,18,21-25,31H,5,7-12,14-15,17H2,1-4H3/t18?,21-,22-,23+,24-,25-,27-,28+/m0/s1. The summed E-state index contributed by atoms with van der Waals surface area (Å²) in [5.74, 6) is 5.19. The van der Waals surface area contributed by atoms with Crippen LogP contribution in [0.25, 0.3) is 0 Å². The van der Waals surface area contributed by atoms with Gasteiger partial charge in [-0.2, -0.15) is 0 Å². The third-order valence-electron chi connectivity index (χ3n) is 10.5. The Kier molecular flexibility index (Phi) is 5.56. The minimum Gasteiger partial charge on any atom is -0.393 e. The second-order valence-electron chi connectivity index (χ2n) is 12.0. The first kappa shape index (κ1) is 21.6. The number of aryl methyl sites for hydroxylation is 2. The lowest BCUT2D eigenvalue weighted by Crippen LogP contribution is -2.50. The summed E-state index contributed by atoms with van der Waals surface area (Å²) >= 11 is 0. The van der Waals surface area contributed by atoms with Crippen LogP contribution in [0.5, 0.6) is 0 Å². The number of aliphatic hydroxyl groups excluding tert-OH is 1. The molecule has 8 atom stereocenters. The van der Waals surface area contributed by atoms with Gasteiger partial charge >= 0.3 is 0 Å². The number of rotatable bonds is 4. The van der Waals surface area contributed by atoms with Gasteiger partial charge in [-0.3, -0.25) is 0 Å². The Morgan fingerprint density at radius 2 is 1.97 bits per heavy atom. The molecule has 170 valence electrons. The average molecular weight is 423 g/mol. The van der Waals surface area contributed by atoms with Crippen LogP contribution in [0.4, 0.5) is 0 Å². The van der Waals surface area contributed by atoms with E-state index in [9.17, 15) is 5.11 Å². The van der Waals surface area contributed by atoms with E-state index in [0.29, 0.717) is 10.8 Å². The lowest BCUT2D eigenvalue weighted by atomic mass is 9.47. The van der Waals surface area contributed by atoms with Crippen molar-refractivity contribution in [2.75, 3.05) is 0 Å². The molecule has 0 aromatic carbocycles. The number of nitrogens with zero attached hydrogens (tertiary/aromatic N) is 2. The molecule has 1 aromatic rings. The van der Waals surface area contributed by atoms with Crippen molar-refractivity contribution in [2.24, 2.45) is 40.4 Å². The van der Waals surface area contributed by atoms with Crippen LogP contribution < -0.4 is 0 Å². The normalized spacial score (nSPS) is 42.9. The minimum atomic E-state index is -0.0983. The Balaban J connectivity index is 1.31. The van der Waals surface area contributed by atoms with Gasteiger partial charge in [0.25, 0.3) is 0 Å². The summed E-state index contributed by atoms with van der Waals surface area (Å²) < 4.78 is 0. The molecule has 5 rings (SSSR count). The maximum atomic E-state index is 10.2. The number of hydrogen-bond acceptors (Lipinski definition) is 3. The summed E-state index contributed by atoms with van der Waals surface area (Å²) in [6, 6.07) is 1.99. The van der Waals surface area contributed by atoms with Gasteiger partial charge in [-0.1, -0.05) is 32.4 Å². The third-order valence-corrected chi connectivity index (χ3v) is 10.5. The molecule has 1 aromatic heterocycles. The Hall–Kier alpha value is -1.22. The molecule has 1 heterocycles. The highest BCUT2D eigenvalue weighted by Gasteiger charge is 2.59. The summed E-state index contributed by atoms with van der Waals surface area (Å²) in [7, 11) is 0. The van der Waals surface area contributed by atoms with Crippen molar-refractivity contribution >= 4 is 0 Å². The number of aromatic nitrogens is 2. The van der Waals surface area contributed by atoms with E-state index >= 15 is 0 Å². The molecule has 31 heavy (non-hydrogen) atoms. The fourth-order valence-corrected chi connectivity index (χ4v) is 8.80. The van der Waals surface area contributed by atoms with Crippen LogP contribution in [-0.2, 0) is 6.42 Å². The zero-order valence-corrected chi connectivity index (χ0v) is 20.1. The fraction of sp³-hybridized carbons (Fsp3) is 0.786. The van der Waals surface area contributed by atoms with Gasteiger partial charge in [0.1, 0.15) is 5.82 Å². The van der Waals surface area contributed by atoms with Crippen LogP contribution in [0.15, 0.2) is 23.9 Å². The molecule has 3 saturated carbocycles. The van der Waals surface area contributed by atoms with E-state index in [4.69, 9.17) is 0 Å². The Morgan fingerprint density at radius 1 is 1.13 bits per heavy atom. The summed E-state index contributed by atoms with van der Waals surface area (Å²) in [4.78, 5) is 9.15. The molecule has 3 nitrogen and oxygen atoms in total. The third kappa shape index (κ3) is 3.59. The van der Waals surface area contributed by atoms with Crippen LogP contribution in [0, 0.1) is 47.3 Å². The van der Waals surface area contributed by atoms with Crippen LogP contribution in [-0.4, -0.2) is 21.2 Å². The topological polar surface area (TPSA) is 46.0 Å². The van der Waals surface area contributed by atoms with Crippen LogP contribution in [0.3, 0.4) is 0 Å². The molecule has 0 saturated heterocycles. The van der Waals surface area contributed by atoms with Crippen LogP contribution in [0.1, 0.15) is 90.1 Å². The zero-order chi connectivity index (χ0) is 21.8. The van der Waals surface area contributed by atoms with Crippen LogP contribution in [0.2, 0.25) is 0 Å². The summed E-state index contributed by atoms with van der Waals surface area (Å²) in [5.41, 5.74) is 3.54. The quantitative estimate of drug-likeness (QED) is 0.580.